The Labute approximate surface area is 173 Å². The number of aliphatic hydroxyl groups excluding tert-OH is 2. The number of hydrogen-bond acceptors (Lipinski definition) is 6. The molecule has 1 fully saturated rings. The van der Waals surface area contributed by atoms with Crippen LogP contribution in [0.15, 0.2) is 18.5 Å². The van der Waals surface area contributed by atoms with Gasteiger partial charge in [0.05, 0.1) is 36.9 Å². The summed E-state index contributed by atoms with van der Waals surface area (Å²) in [7, 11) is 0. The van der Waals surface area contributed by atoms with Gasteiger partial charge in [-0.25, -0.2) is 9.97 Å². The number of rotatable bonds is 7. The number of nitrogens with zero attached hydrogens (tertiary/aromatic N) is 4. The van der Waals surface area contributed by atoms with Crippen molar-refractivity contribution in [3.63, 3.8) is 0 Å². The summed E-state index contributed by atoms with van der Waals surface area (Å²) >= 11 is 0. The van der Waals surface area contributed by atoms with Crippen LogP contribution in [0.5, 0.6) is 0 Å². The Balaban J connectivity index is 1.67. The van der Waals surface area contributed by atoms with Crippen molar-refractivity contribution in [3.8, 4) is 6.07 Å². The largest absolute Gasteiger partial charge is 0.394 e. The molecule has 3 heterocycles. The fraction of sp³-hybridized carbons (Fsp3) is 0.524. The number of pyridine rings is 1. The van der Waals surface area contributed by atoms with E-state index in [9.17, 15) is 9.90 Å². The number of aliphatic hydroxyl groups is 2. The second-order valence-corrected chi connectivity index (χ2v) is 7.98. The Morgan fingerprint density at radius 2 is 2.20 bits per heavy atom. The Morgan fingerprint density at radius 3 is 2.93 bits per heavy atom. The van der Waals surface area contributed by atoms with Gasteiger partial charge in [0.15, 0.2) is 0 Å². The van der Waals surface area contributed by atoms with E-state index >= 15 is 0 Å². The lowest BCUT2D eigenvalue weighted by atomic mass is 9.84. The normalized spacial score (nSPS) is 20.3. The van der Waals surface area contributed by atoms with Crippen LogP contribution in [0.2, 0.25) is 0 Å². The molecule has 4 rings (SSSR count). The van der Waals surface area contributed by atoms with Gasteiger partial charge in [0.1, 0.15) is 17.0 Å². The van der Waals surface area contributed by atoms with Gasteiger partial charge in [-0.2, -0.15) is 5.26 Å². The van der Waals surface area contributed by atoms with Crippen molar-refractivity contribution < 1.29 is 15.0 Å². The highest BCUT2D eigenvalue weighted by Crippen LogP contribution is 2.37. The van der Waals surface area contributed by atoms with Crippen molar-refractivity contribution in [2.45, 2.75) is 50.7 Å². The van der Waals surface area contributed by atoms with E-state index in [0.29, 0.717) is 18.2 Å². The van der Waals surface area contributed by atoms with Crippen molar-refractivity contribution in [2.24, 2.45) is 5.92 Å². The van der Waals surface area contributed by atoms with Crippen LogP contribution in [0.3, 0.4) is 0 Å². The van der Waals surface area contributed by atoms with Crippen molar-refractivity contribution in [1.29, 1.82) is 5.26 Å². The summed E-state index contributed by atoms with van der Waals surface area (Å²) in [5.74, 6) is 0.845. The van der Waals surface area contributed by atoms with Crippen molar-refractivity contribution in [3.05, 3.63) is 24.3 Å². The summed E-state index contributed by atoms with van der Waals surface area (Å²) in [6.45, 7) is -0.402. The molecule has 30 heavy (non-hydrogen) atoms. The number of imidazole rings is 1. The molecule has 9 nitrogen and oxygen atoms in total. The van der Waals surface area contributed by atoms with Crippen LogP contribution >= 0.6 is 0 Å². The van der Waals surface area contributed by atoms with Gasteiger partial charge in [0, 0.05) is 30.6 Å². The van der Waals surface area contributed by atoms with Crippen LogP contribution in [-0.4, -0.2) is 54.9 Å². The molecule has 1 aliphatic rings. The number of aromatic nitrogens is 4. The van der Waals surface area contributed by atoms with E-state index in [1.165, 1.54) is 0 Å². The quantitative estimate of drug-likeness (QED) is 0.466. The van der Waals surface area contributed by atoms with Gasteiger partial charge in [-0.05, 0) is 37.7 Å². The van der Waals surface area contributed by atoms with Gasteiger partial charge < -0.3 is 25.1 Å². The molecule has 9 heteroatoms. The van der Waals surface area contributed by atoms with Crippen LogP contribution in [0.1, 0.15) is 44.0 Å². The lowest BCUT2D eigenvalue weighted by Gasteiger charge is -2.30. The molecule has 0 radical (unpaired) electrons. The first-order valence-corrected chi connectivity index (χ1v) is 10.4. The zero-order chi connectivity index (χ0) is 21.1. The van der Waals surface area contributed by atoms with E-state index in [2.05, 4.69) is 25.9 Å². The molecule has 0 aliphatic heterocycles. The van der Waals surface area contributed by atoms with Crippen LogP contribution in [0, 0.1) is 17.2 Å². The summed E-state index contributed by atoms with van der Waals surface area (Å²) in [5.41, 5.74) is 2.51. The monoisotopic (exact) mass is 410 g/mol. The fourth-order valence-corrected chi connectivity index (χ4v) is 4.40. The smallest absolute Gasteiger partial charge is 0.227 e. The number of nitriles is 1. The van der Waals surface area contributed by atoms with Crippen LogP contribution < -0.4 is 5.32 Å². The summed E-state index contributed by atoms with van der Waals surface area (Å²) in [6.07, 6.45) is 7.09. The van der Waals surface area contributed by atoms with Crippen LogP contribution in [-0.2, 0) is 11.2 Å². The lowest BCUT2D eigenvalue weighted by Crippen LogP contribution is -2.35. The van der Waals surface area contributed by atoms with Crippen LogP contribution in [0.4, 0.5) is 0 Å². The first kappa shape index (κ1) is 20.3. The van der Waals surface area contributed by atoms with Gasteiger partial charge in [-0.3, -0.25) is 4.79 Å². The number of aromatic amines is 1. The molecule has 1 atom stereocenters. The minimum atomic E-state index is -0.980. The first-order valence-electron chi connectivity index (χ1n) is 10.4. The van der Waals surface area contributed by atoms with Crippen LogP contribution in [0.25, 0.3) is 22.1 Å². The summed E-state index contributed by atoms with van der Waals surface area (Å²) in [4.78, 5) is 24.8. The molecule has 1 saturated carbocycles. The third kappa shape index (κ3) is 4.01. The van der Waals surface area contributed by atoms with Gasteiger partial charge in [-0.1, -0.05) is 0 Å². The predicted molar refractivity (Wildman–Crippen MR) is 110 cm³/mol. The minimum absolute atomic E-state index is 0.00155. The zero-order valence-corrected chi connectivity index (χ0v) is 16.7. The van der Waals surface area contributed by atoms with Gasteiger partial charge in [-0.15, -0.1) is 0 Å². The molecular weight excluding hydrogens is 384 g/mol. The Hall–Kier alpha value is -2.96. The second kappa shape index (κ2) is 8.81. The number of amides is 1. The van der Waals surface area contributed by atoms with Crippen molar-refractivity contribution in [2.75, 3.05) is 13.2 Å². The predicted octanol–water partition coefficient (Wildman–Crippen LogP) is 1.57. The van der Waals surface area contributed by atoms with E-state index in [1.54, 1.807) is 6.20 Å². The standard InChI is InChI=1S/C21H26N6O3/c22-7-5-13-1-3-14(4-2-13)27-18(9-19(30)24-10-15(29)12-28)26-17-11-25-21-16(20(17)27)6-8-23-21/h6,8,11,13-15,28-29H,1-5,9-10,12H2,(H,23,25)(H,24,30)/t13-,14-,15?. The van der Waals surface area contributed by atoms with Crippen molar-refractivity contribution in [1.82, 2.24) is 24.8 Å². The average molecular weight is 410 g/mol. The molecule has 3 aromatic rings. The van der Waals surface area contributed by atoms with Gasteiger partial charge in [0.25, 0.3) is 0 Å². The summed E-state index contributed by atoms with van der Waals surface area (Å²) in [6, 6.07) is 4.46. The highest BCUT2D eigenvalue weighted by atomic mass is 16.3. The summed E-state index contributed by atoms with van der Waals surface area (Å²) < 4.78 is 2.18. The maximum absolute atomic E-state index is 12.5. The first-order chi connectivity index (χ1) is 14.6. The minimum Gasteiger partial charge on any atom is -0.394 e. The molecular formula is C21H26N6O3. The number of fused-ring (bicyclic) bond motifs is 3. The molecule has 1 amide bonds. The van der Waals surface area contributed by atoms with E-state index in [-0.39, 0.29) is 24.9 Å². The highest BCUT2D eigenvalue weighted by molar-refractivity contribution is 6.01. The Morgan fingerprint density at radius 1 is 1.40 bits per heavy atom. The number of carbonyl (C=O) groups excluding carboxylic acids is 1. The molecule has 3 aromatic heterocycles. The number of hydrogen-bond donors (Lipinski definition) is 4. The molecule has 0 aromatic carbocycles. The SMILES string of the molecule is N#CC[C@H]1CC[C@H](n2c(CC(=O)NCC(O)CO)nc3cnc4[nH]ccc4c32)CC1. The molecule has 0 bridgehead atoms. The average Bonchev–Trinajstić information content (AvgIpc) is 3.36. The Kier molecular flexibility index (Phi) is 5.97. The molecule has 0 saturated heterocycles. The lowest BCUT2D eigenvalue weighted by molar-refractivity contribution is -0.121. The third-order valence-corrected chi connectivity index (χ3v) is 5.93. The maximum atomic E-state index is 12.5. The van der Waals surface area contributed by atoms with Crippen molar-refractivity contribution >= 4 is 28.0 Å². The fourth-order valence-electron chi connectivity index (χ4n) is 4.40. The van der Waals surface area contributed by atoms with E-state index in [4.69, 9.17) is 15.4 Å². The van der Waals surface area contributed by atoms with Gasteiger partial charge >= 0.3 is 0 Å². The van der Waals surface area contributed by atoms with Gasteiger partial charge in [0.2, 0.25) is 5.91 Å². The number of H-pyrrole nitrogens is 1. The second-order valence-electron chi connectivity index (χ2n) is 7.98. The van der Waals surface area contributed by atoms with E-state index in [0.717, 1.165) is 47.8 Å². The number of nitrogens with one attached hydrogen (secondary N) is 2. The topological polar surface area (TPSA) is 140 Å². The van der Waals surface area contributed by atoms with E-state index in [1.807, 2.05) is 12.3 Å². The molecule has 1 aliphatic carbocycles. The van der Waals surface area contributed by atoms with E-state index < -0.39 is 12.7 Å². The number of carbonyl (C=O) groups is 1. The summed E-state index contributed by atoms with van der Waals surface area (Å²) in [5, 5.41) is 31.1. The zero-order valence-electron chi connectivity index (χ0n) is 16.7. The molecule has 0 spiro atoms. The third-order valence-electron chi connectivity index (χ3n) is 5.93. The highest BCUT2D eigenvalue weighted by Gasteiger charge is 2.27. The Bertz CT molecular complexity index is 1070. The molecule has 4 N–H and O–H groups in total. The molecule has 1 unspecified atom stereocenters. The maximum Gasteiger partial charge on any atom is 0.227 e. The molecule has 158 valence electrons.